The summed E-state index contributed by atoms with van der Waals surface area (Å²) in [6.07, 6.45) is -7.51. The van der Waals surface area contributed by atoms with Crippen molar-refractivity contribution in [3.63, 3.8) is 0 Å². The van der Waals surface area contributed by atoms with Gasteiger partial charge >= 0.3 is 17.9 Å². The molecule has 1 heterocycles. The van der Waals surface area contributed by atoms with Crippen LogP contribution in [-0.4, -0.2) is 65.4 Å². The highest BCUT2D eigenvalue weighted by Crippen LogP contribution is 2.27. The molecule has 31 heavy (non-hydrogen) atoms. The first kappa shape index (κ1) is 22.4. The molecule has 0 aliphatic carbocycles. The Morgan fingerprint density at radius 1 is 0.839 bits per heavy atom. The summed E-state index contributed by atoms with van der Waals surface area (Å²) in [5.74, 6) is -2.20. The number of ether oxygens (including phenoxy) is 4. The van der Waals surface area contributed by atoms with Crippen LogP contribution in [0.4, 0.5) is 0 Å². The SMILES string of the molecule is CC(=O)OC[C@H]1O[C@H](O)[C@@H](O)[C@@H](OC(=O)c2ccccc2)[C@@H]1OC(=O)c1ccccc1. The molecule has 9 heteroatoms. The predicted octanol–water partition coefficient (Wildman–Crippen LogP) is 1.08. The van der Waals surface area contributed by atoms with E-state index < -0.39 is 55.2 Å². The van der Waals surface area contributed by atoms with Crippen molar-refractivity contribution >= 4 is 17.9 Å². The molecule has 2 aromatic rings. The van der Waals surface area contributed by atoms with E-state index in [0.29, 0.717) is 0 Å². The molecule has 2 N–H and O–H groups in total. The van der Waals surface area contributed by atoms with E-state index in [-0.39, 0.29) is 11.1 Å². The Hall–Kier alpha value is -3.27. The molecule has 2 aromatic carbocycles. The molecule has 0 amide bonds. The number of hydrogen-bond acceptors (Lipinski definition) is 9. The van der Waals surface area contributed by atoms with Gasteiger partial charge < -0.3 is 29.2 Å². The molecular weight excluding hydrogens is 408 g/mol. The average molecular weight is 430 g/mol. The quantitative estimate of drug-likeness (QED) is 0.511. The summed E-state index contributed by atoms with van der Waals surface area (Å²) in [5.41, 5.74) is 0.405. The Morgan fingerprint density at radius 2 is 1.32 bits per heavy atom. The van der Waals surface area contributed by atoms with E-state index in [4.69, 9.17) is 18.9 Å². The molecule has 0 unspecified atom stereocenters. The van der Waals surface area contributed by atoms with Gasteiger partial charge in [0, 0.05) is 6.92 Å². The van der Waals surface area contributed by atoms with E-state index in [9.17, 15) is 24.6 Å². The van der Waals surface area contributed by atoms with Crippen molar-refractivity contribution in [1.29, 1.82) is 0 Å². The highest BCUT2D eigenvalue weighted by molar-refractivity contribution is 5.90. The maximum Gasteiger partial charge on any atom is 0.338 e. The van der Waals surface area contributed by atoms with Crippen LogP contribution in [-0.2, 0) is 23.7 Å². The lowest BCUT2D eigenvalue weighted by atomic mass is 9.98. The van der Waals surface area contributed by atoms with Gasteiger partial charge in [-0.05, 0) is 24.3 Å². The number of rotatable bonds is 6. The molecule has 9 nitrogen and oxygen atoms in total. The normalized spacial score (nSPS) is 25.3. The van der Waals surface area contributed by atoms with Crippen molar-refractivity contribution in [3.05, 3.63) is 71.8 Å². The van der Waals surface area contributed by atoms with E-state index in [1.807, 2.05) is 0 Å². The Kier molecular flexibility index (Phi) is 7.35. The molecule has 3 rings (SSSR count). The van der Waals surface area contributed by atoms with Crippen LogP contribution in [0.25, 0.3) is 0 Å². The Balaban J connectivity index is 1.87. The maximum absolute atomic E-state index is 12.6. The number of hydrogen-bond donors (Lipinski definition) is 2. The van der Waals surface area contributed by atoms with Gasteiger partial charge in [0.15, 0.2) is 18.5 Å². The van der Waals surface area contributed by atoms with Gasteiger partial charge in [0.2, 0.25) is 0 Å². The van der Waals surface area contributed by atoms with Crippen molar-refractivity contribution in [2.24, 2.45) is 0 Å². The Bertz CT molecular complexity index is 900. The molecule has 0 spiro atoms. The van der Waals surface area contributed by atoms with Crippen molar-refractivity contribution in [1.82, 2.24) is 0 Å². The first-order valence-corrected chi connectivity index (χ1v) is 9.54. The highest BCUT2D eigenvalue weighted by atomic mass is 16.7. The molecule has 1 aliphatic heterocycles. The number of benzene rings is 2. The number of aliphatic hydroxyl groups excluding tert-OH is 2. The maximum atomic E-state index is 12.6. The van der Waals surface area contributed by atoms with Crippen molar-refractivity contribution < 1.29 is 43.5 Å². The predicted molar refractivity (Wildman–Crippen MR) is 105 cm³/mol. The largest absolute Gasteiger partial charge is 0.463 e. The Labute approximate surface area is 178 Å². The molecule has 0 bridgehead atoms. The molecule has 0 radical (unpaired) electrons. The van der Waals surface area contributed by atoms with Crippen LogP contribution in [0.2, 0.25) is 0 Å². The molecule has 1 fully saturated rings. The van der Waals surface area contributed by atoms with Crippen molar-refractivity contribution in [2.75, 3.05) is 6.61 Å². The zero-order valence-electron chi connectivity index (χ0n) is 16.6. The van der Waals surface area contributed by atoms with Gasteiger partial charge in [-0.3, -0.25) is 4.79 Å². The highest BCUT2D eigenvalue weighted by Gasteiger charge is 2.50. The standard InChI is InChI=1S/C22H22O9/c1-13(23)28-12-16-18(30-20(25)14-8-4-2-5-9-14)19(17(24)22(27)29-16)31-21(26)15-10-6-3-7-11-15/h2-11,16-19,22,24,27H,12H2,1H3/t16-,17+,18-,19-,22+/m1/s1. The fraction of sp³-hybridized carbons (Fsp3) is 0.318. The third kappa shape index (κ3) is 5.66. The van der Waals surface area contributed by atoms with Gasteiger partial charge in [-0.1, -0.05) is 36.4 Å². The summed E-state index contributed by atoms with van der Waals surface area (Å²) in [4.78, 5) is 36.4. The van der Waals surface area contributed by atoms with Crippen LogP contribution < -0.4 is 0 Å². The minimum absolute atomic E-state index is 0.195. The molecule has 5 atom stereocenters. The third-order valence-corrected chi connectivity index (χ3v) is 4.59. The summed E-state index contributed by atoms with van der Waals surface area (Å²) in [6.45, 7) is 0.775. The summed E-state index contributed by atoms with van der Waals surface area (Å²) < 4.78 is 21.1. The summed E-state index contributed by atoms with van der Waals surface area (Å²) in [6, 6.07) is 16.0. The molecule has 0 saturated carbocycles. The second kappa shape index (κ2) is 10.2. The van der Waals surface area contributed by atoms with E-state index >= 15 is 0 Å². The van der Waals surface area contributed by atoms with Gasteiger partial charge in [0.05, 0.1) is 11.1 Å². The fourth-order valence-corrected chi connectivity index (χ4v) is 3.05. The Morgan fingerprint density at radius 3 is 1.81 bits per heavy atom. The lowest BCUT2D eigenvalue weighted by Gasteiger charge is -2.41. The van der Waals surface area contributed by atoms with Crippen molar-refractivity contribution in [2.45, 2.75) is 37.6 Å². The number of carbonyl (C=O) groups excluding carboxylic acids is 3. The van der Waals surface area contributed by atoms with E-state index in [0.717, 1.165) is 0 Å². The van der Waals surface area contributed by atoms with E-state index in [1.165, 1.54) is 31.2 Å². The van der Waals surface area contributed by atoms with Crippen LogP contribution >= 0.6 is 0 Å². The second-order valence-electron chi connectivity index (χ2n) is 6.83. The summed E-state index contributed by atoms with van der Waals surface area (Å²) in [5, 5.41) is 20.5. The molecule has 1 aliphatic rings. The van der Waals surface area contributed by atoms with Gasteiger partial charge in [-0.25, -0.2) is 9.59 Å². The minimum atomic E-state index is -1.76. The molecule has 1 saturated heterocycles. The number of carbonyl (C=O) groups is 3. The van der Waals surface area contributed by atoms with Crippen LogP contribution in [0.15, 0.2) is 60.7 Å². The first-order valence-electron chi connectivity index (χ1n) is 9.54. The van der Waals surface area contributed by atoms with Crippen LogP contribution in [0.1, 0.15) is 27.6 Å². The number of aliphatic hydroxyl groups is 2. The van der Waals surface area contributed by atoms with Crippen LogP contribution in [0.5, 0.6) is 0 Å². The zero-order valence-corrected chi connectivity index (χ0v) is 16.6. The zero-order chi connectivity index (χ0) is 22.4. The fourth-order valence-electron chi connectivity index (χ4n) is 3.05. The van der Waals surface area contributed by atoms with Gasteiger partial charge in [-0.2, -0.15) is 0 Å². The third-order valence-electron chi connectivity index (χ3n) is 4.59. The number of esters is 3. The van der Waals surface area contributed by atoms with Gasteiger partial charge in [0.25, 0.3) is 0 Å². The van der Waals surface area contributed by atoms with Gasteiger partial charge in [-0.15, -0.1) is 0 Å². The summed E-state index contributed by atoms with van der Waals surface area (Å²) >= 11 is 0. The molecular formula is C22H22O9. The van der Waals surface area contributed by atoms with Crippen LogP contribution in [0, 0.1) is 0 Å². The topological polar surface area (TPSA) is 129 Å². The van der Waals surface area contributed by atoms with E-state index in [1.54, 1.807) is 36.4 Å². The summed E-state index contributed by atoms with van der Waals surface area (Å²) in [7, 11) is 0. The average Bonchev–Trinajstić information content (AvgIpc) is 2.78. The lowest BCUT2D eigenvalue weighted by Crippen LogP contribution is -2.61. The second-order valence-corrected chi connectivity index (χ2v) is 6.83. The molecule has 0 aromatic heterocycles. The van der Waals surface area contributed by atoms with Crippen LogP contribution in [0.3, 0.4) is 0 Å². The monoisotopic (exact) mass is 430 g/mol. The molecule has 164 valence electrons. The minimum Gasteiger partial charge on any atom is -0.463 e. The van der Waals surface area contributed by atoms with Gasteiger partial charge in [0.1, 0.15) is 18.8 Å². The van der Waals surface area contributed by atoms with Crippen molar-refractivity contribution in [3.8, 4) is 0 Å². The lowest BCUT2D eigenvalue weighted by molar-refractivity contribution is -0.286. The first-order chi connectivity index (χ1) is 14.9. The smallest absolute Gasteiger partial charge is 0.338 e. The van der Waals surface area contributed by atoms with E-state index in [2.05, 4.69) is 0 Å².